The van der Waals surface area contributed by atoms with Gasteiger partial charge in [-0.3, -0.25) is 0 Å². The average Bonchev–Trinajstić information content (AvgIpc) is 2.77. The number of hydrogen-bond acceptors (Lipinski definition) is 2. The summed E-state index contributed by atoms with van der Waals surface area (Å²) in [5.41, 5.74) is 2.51. The highest BCUT2D eigenvalue weighted by Crippen LogP contribution is 2.21. The molecule has 0 unspecified atom stereocenters. The van der Waals surface area contributed by atoms with Crippen molar-refractivity contribution in [3.63, 3.8) is 0 Å². The molecule has 0 bridgehead atoms. The van der Waals surface area contributed by atoms with Gasteiger partial charge in [-0.05, 0) is 58.0 Å². The predicted octanol–water partition coefficient (Wildman–Crippen LogP) is 2.53. The molecule has 0 atom stereocenters. The third kappa shape index (κ3) is 2.15. The molecule has 0 saturated carbocycles. The molecule has 18 heavy (non-hydrogen) atoms. The lowest BCUT2D eigenvalue weighted by Gasteiger charge is -2.28. The van der Waals surface area contributed by atoms with E-state index in [4.69, 9.17) is 0 Å². The van der Waals surface area contributed by atoms with Crippen LogP contribution < -0.4 is 0 Å². The molecule has 3 nitrogen and oxygen atoms in total. The smallest absolute Gasteiger partial charge is 0.113 e. The summed E-state index contributed by atoms with van der Waals surface area (Å²) < 4.78 is 2.30. The van der Waals surface area contributed by atoms with E-state index in [0.29, 0.717) is 0 Å². The van der Waals surface area contributed by atoms with E-state index in [1.165, 1.54) is 43.0 Å². The van der Waals surface area contributed by atoms with Crippen molar-refractivity contribution in [2.45, 2.75) is 26.2 Å². The molecule has 0 N–H and O–H groups in total. The van der Waals surface area contributed by atoms with Gasteiger partial charge in [0.15, 0.2) is 0 Å². The quantitative estimate of drug-likeness (QED) is 0.808. The van der Waals surface area contributed by atoms with Crippen molar-refractivity contribution in [2.24, 2.45) is 5.92 Å². The van der Waals surface area contributed by atoms with Crippen LogP contribution in [-0.2, 0) is 6.42 Å². The summed E-state index contributed by atoms with van der Waals surface area (Å²) in [7, 11) is 2.21. The van der Waals surface area contributed by atoms with Gasteiger partial charge in [0.05, 0.1) is 11.7 Å². The van der Waals surface area contributed by atoms with Crippen molar-refractivity contribution in [3.05, 3.63) is 35.9 Å². The van der Waals surface area contributed by atoms with E-state index in [9.17, 15) is 0 Å². The number of hydrogen-bond donors (Lipinski definition) is 0. The molecule has 0 amide bonds. The first-order chi connectivity index (χ1) is 8.74. The second-order valence-corrected chi connectivity index (χ2v) is 5.55. The normalized spacial score (nSPS) is 18.6. The molecule has 3 heteroatoms. The number of imidazole rings is 1. The Morgan fingerprint density at radius 3 is 2.83 bits per heavy atom. The molecule has 2 aromatic rings. The number of likely N-dealkylation sites (tertiary alicyclic amines) is 1. The Bertz CT molecular complexity index is 536. The van der Waals surface area contributed by atoms with Gasteiger partial charge in [0.1, 0.15) is 5.82 Å². The van der Waals surface area contributed by atoms with Crippen LogP contribution in [0.4, 0.5) is 0 Å². The summed E-state index contributed by atoms with van der Waals surface area (Å²) in [5.74, 6) is 2.03. The molecular weight excluding hydrogens is 222 g/mol. The van der Waals surface area contributed by atoms with Gasteiger partial charge in [-0.2, -0.15) is 0 Å². The molecule has 2 aromatic heterocycles. The van der Waals surface area contributed by atoms with Crippen LogP contribution in [-0.4, -0.2) is 34.4 Å². The molecule has 0 spiro atoms. The summed E-state index contributed by atoms with van der Waals surface area (Å²) in [5, 5.41) is 0. The van der Waals surface area contributed by atoms with Crippen LogP contribution in [0.15, 0.2) is 24.4 Å². The van der Waals surface area contributed by atoms with E-state index in [0.717, 1.165) is 12.3 Å². The summed E-state index contributed by atoms with van der Waals surface area (Å²) in [6.07, 6.45) is 5.72. The van der Waals surface area contributed by atoms with Gasteiger partial charge in [-0.1, -0.05) is 6.07 Å². The minimum absolute atomic E-state index is 0.798. The molecule has 3 rings (SSSR count). The minimum atomic E-state index is 0.798. The lowest BCUT2D eigenvalue weighted by atomic mass is 9.93. The molecule has 1 saturated heterocycles. The Kier molecular flexibility index (Phi) is 3.08. The first-order valence-electron chi connectivity index (χ1n) is 6.84. The Balaban J connectivity index is 1.82. The maximum absolute atomic E-state index is 4.62. The number of nitrogens with zero attached hydrogens (tertiary/aromatic N) is 3. The van der Waals surface area contributed by atoms with Crippen molar-refractivity contribution in [2.75, 3.05) is 20.1 Å². The lowest BCUT2D eigenvalue weighted by Crippen LogP contribution is -2.31. The van der Waals surface area contributed by atoms with Crippen LogP contribution >= 0.6 is 0 Å². The maximum atomic E-state index is 4.62. The van der Waals surface area contributed by atoms with Gasteiger partial charge < -0.3 is 9.30 Å². The molecule has 0 aliphatic carbocycles. The molecule has 0 radical (unpaired) electrons. The van der Waals surface area contributed by atoms with Gasteiger partial charge in [0, 0.05) is 12.1 Å². The largest absolute Gasteiger partial charge is 0.306 e. The fourth-order valence-electron chi connectivity index (χ4n) is 2.96. The zero-order valence-corrected chi connectivity index (χ0v) is 11.3. The summed E-state index contributed by atoms with van der Waals surface area (Å²) in [6, 6.07) is 6.40. The lowest BCUT2D eigenvalue weighted by molar-refractivity contribution is 0.217. The average molecular weight is 243 g/mol. The number of pyridine rings is 1. The third-order valence-corrected chi connectivity index (χ3v) is 4.13. The Hall–Kier alpha value is -1.35. The van der Waals surface area contributed by atoms with Crippen LogP contribution in [0, 0.1) is 12.8 Å². The zero-order valence-electron chi connectivity index (χ0n) is 11.3. The van der Waals surface area contributed by atoms with Crippen molar-refractivity contribution in [3.8, 4) is 0 Å². The Morgan fingerprint density at radius 1 is 1.28 bits per heavy atom. The summed E-state index contributed by atoms with van der Waals surface area (Å²) in [4.78, 5) is 7.04. The van der Waals surface area contributed by atoms with Crippen LogP contribution in [0.5, 0.6) is 0 Å². The summed E-state index contributed by atoms with van der Waals surface area (Å²) in [6.45, 7) is 4.62. The van der Waals surface area contributed by atoms with Gasteiger partial charge in [0.25, 0.3) is 0 Å². The van der Waals surface area contributed by atoms with Crippen molar-refractivity contribution in [1.82, 2.24) is 14.3 Å². The second kappa shape index (κ2) is 4.73. The highest BCUT2D eigenvalue weighted by Gasteiger charge is 2.19. The standard InChI is InChI=1S/C15H21N3/c1-12-4-3-5-14-11-16-15(18(12)14)10-13-6-8-17(2)9-7-13/h3-5,11,13H,6-10H2,1-2H3. The zero-order chi connectivity index (χ0) is 12.5. The van der Waals surface area contributed by atoms with Crippen molar-refractivity contribution < 1.29 is 0 Å². The van der Waals surface area contributed by atoms with E-state index in [2.05, 4.69) is 46.5 Å². The maximum Gasteiger partial charge on any atom is 0.113 e. The first kappa shape index (κ1) is 11.7. The fourth-order valence-corrected chi connectivity index (χ4v) is 2.96. The molecule has 1 aliphatic heterocycles. The van der Waals surface area contributed by atoms with Gasteiger partial charge >= 0.3 is 0 Å². The second-order valence-electron chi connectivity index (χ2n) is 5.55. The van der Waals surface area contributed by atoms with Gasteiger partial charge in [-0.15, -0.1) is 0 Å². The van der Waals surface area contributed by atoms with Crippen LogP contribution in [0.2, 0.25) is 0 Å². The first-order valence-corrected chi connectivity index (χ1v) is 6.84. The number of aromatic nitrogens is 2. The molecule has 1 fully saturated rings. The third-order valence-electron chi connectivity index (χ3n) is 4.13. The number of aryl methyl sites for hydroxylation is 1. The SMILES string of the molecule is Cc1cccc2cnc(CC3CCN(C)CC3)n12. The highest BCUT2D eigenvalue weighted by atomic mass is 15.1. The van der Waals surface area contributed by atoms with Crippen molar-refractivity contribution >= 4 is 5.52 Å². The van der Waals surface area contributed by atoms with Gasteiger partial charge in [-0.25, -0.2) is 4.98 Å². The highest BCUT2D eigenvalue weighted by molar-refractivity contribution is 5.47. The number of fused-ring (bicyclic) bond motifs is 1. The van der Waals surface area contributed by atoms with E-state index in [1.54, 1.807) is 0 Å². The van der Waals surface area contributed by atoms with Crippen LogP contribution in [0.3, 0.4) is 0 Å². The topological polar surface area (TPSA) is 20.5 Å². The van der Waals surface area contributed by atoms with E-state index >= 15 is 0 Å². The molecule has 96 valence electrons. The Labute approximate surface area is 108 Å². The molecule has 1 aliphatic rings. The predicted molar refractivity (Wildman–Crippen MR) is 73.9 cm³/mol. The number of piperidine rings is 1. The molecule has 0 aromatic carbocycles. The van der Waals surface area contributed by atoms with E-state index < -0.39 is 0 Å². The van der Waals surface area contributed by atoms with Gasteiger partial charge in [0.2, 0.25) is 0 Å². The molecule has 3 heterocycles. The van der Waals surface area contributed by atoms with Crippen LogP contribution in [0.1, 0.15) is 24.4 Å². The monoisotopic (exact) mass is 243 g/mol. The molecular formula is C15H21N3. The minimum Gasteiger partial charge on any atom is -0.306 e. The fraction of sp³-hybridized carbons (Fsp3) is 0.533. The number of rotatable bonds is 2. The Morgan fingerprint density at radius 2 is 2.06 bits per heavy atom. The van der Waals surface area contributed by atoms with E-state index in [-0.39, 0.29) is 0 Å². The van der Waals surface area contributed by atoms with Crippen LogP contribution in [0.25, 0.3) is 5.52 Å². The summed E-state index contributed by atoms with van der Waals surface area (Å²) >= 11 is 0. The van der Waals surface area contributed by atoms with E-state index in [1.807, 2.05) is 6.20 Å². The van der Waals surface area contributed by atoms with Crippen molar-refractivity contribution in [1.29, 1.82) is 0 Å².